The summed E-state index contributed by atoms with van der Waals surface area (Å²) in [5, 5.41) is 3.84. The Balaban J connectivity index is 1.65. The van der Waals surface area contributed by atoms with E-state index in [0.717, 1.165) is 12.2 Å². The zero-order valence-electron chi connectivity index (χ0n) is 14.1. The maximum atomic E-state index is 12.1. The molecule has 4 nitrogen and oxygen atoms in total. The van der Waals surface area contributed by atoms with Crippen molar-refractivity contribution in [2.24, 2.45) is 5.92 Å². The standard InChI is InChI=1S/C18H27ClN2O2/c1-14-6-3-4-9-17(14)20-18(22)13-21(2)10-11-23-16-8-5-7-15(19)12-16/h5,7-8,12,14,17H,3-4,6,9-11,13H2,1-2H3,(H,20,22)/t14-,17-/m0/s1. The molecule has 1 N–H and O–H groups in total. The van der Waals surface area contributed by atoms with E-state index >= 15 is 0 Å². The van der Waals surface area contributed by atoms with Crippen LogP contribution in [0.5, 0.6) is 5.75 Å². The van der Waals surface area contributed by atoms with Crippen molar-refractivity contribution in [1.82, 2.24) is 10.2 Å². The van der Waals surface area contributed by atoms with Crippen LogP contribution in [0.2, 0.25) is 5.02 Å². The van der Waals surface area contributed by atoms with E-state index in [0.29, 0.717) is 36.7 Å². The van der Waals surface area contributed by atoms with Crippen LogP contribution in [0.25, 0.3) is 0 Å². The number of amides is 1. The van der Waals surface area contributed by atoms with E-state index in [1.54, 1.807) is 6.07 Å². The number of nitrogens with one attached hydrogen (secondary N) is 1. The van der Waals surface area contributed by atoms with Gasteiger partial charge in [-0.2, -0.15) is 0 Å². The van der Waals surface area contributed by atoms with Gasteiger partial charge < -0.3 is 10.1 Å². The van der Waals surface area contributed by atoms with E-state index in [4.69, 9.17) is 16.3 Å². The van der Waals surface area contributed by atoms with Crippen molar-refractivity contribution in [2.75, 3.05) is 26.7 Å². The van der Waals surface area contributed by atoms with Gasteiger partial charge in [0, 0.05) is 17.6 Å². The molecular formula is C18H27ClN2O2. The first kappa shape index (κ1) is 18.1. The van der Waals surface area contributed by atoms with Gasteiger partial charge >= 0.3 is 0 Å². The third kappa shape index (κ3) is 6.40. The fraction of sp³-hybridized carbons (Fsp3) is 0.611. The second-order valence-corrected chi connectivity index (χ2v) is 6.92. The average Bonchev–Trinajstić information content (AvgIpc) is 2.49. The third-order valence-electron chi connectivity index (χ3n) is 4.41. The number of hydrogen-bond acceptors (Lipinski definition) is 3. The lowest BCUT2D eigenvalue weighted by Gasteiger charge is -2.30. The van der Waals surface area contributed by atoms with Crippen molar-refractivity contribution in [3.8, 4) is 5.75 Å². The van der Waals surface area contributed by atoms with Crippen LogP contribution in [0.4, 0.5) is 0 Å². The van der Waals surface area contributed by atoms with Crippen molar-refractivity contribution in [3.05, 3.63) is 29.3 Å². The van der Waals surface area contributed by atoms with Gasteiger partial charge in [0.25, 0.3) is 0 Å². The molecule has 1 amide bonds. The van der Waals surface area contributed by atoms with Crippen LogP contribution in [0.15, 0.2) is 24.3 Å². The number of rotatable bonds is 7. The minimum atomic E-state index is 0.106. The summed E-state index contributed by atoms with van der Waals surface area (Å²) in [5.41, 5.74) is 0. The average molecular weight is 339 g/mol. The molecule has 2 rings (SSSR count). The zero-order valence-corrected chi connectivity index (χ0v) is 14.8. The fourth-order valence-electron chi connectivity index (χ4n) is 2.98. The molecule has 0 radical (unpaired) electrons. The quantitative estimate of drug-likeness (QED) is 0.829. The number of nitrogens with zero attached hydrogens (tertiary/aromatic N) is 1. The number of hydrogen-bond donors (Lipinski definition) is 1. The van der Waals surface area contributed by atoms with E-state index in [2.05, 4.69) is 12.2 Å². The zero-order chi connectivity index (χ0) is 16.7. The highest BCUT2D eigenvalue weighted by atomic mass is 35.5. The van der Waals surface area contributed by atoms with Gasteiger partial charge in [-0.05, 0) is 44.0 Å². The maximum absolute atomic E-state index is 12.1. The van der Waals surface area contributed by atoms with E-state index in [1.807, 2.05) is 30.1 Å². The van der Waals surface area contributed by atoms with E-state index in [9.17, 15) is 4.79 Å². The molecule has 0 spiro atoms. The Kier molecular flexibility index (Phi) is 7.18. The van der Waals surface area contributed by atoms with Crippen molar-refractivity contribution in [2.45, 2.75) is 38.6 Å². The molecule has 1 aliphatic carbocycles. The molecule has 0 saturated heterocycles. The maximum Gasteiger partial charge on any atom is 0.234 e. The predicted octanol–water partition coefficient (Wildman–Crippen LogP) is 3.35. The van der Waals surface area contributed by atoms with Gasteiger partial charge in [0.1, 0.15) is 12.4 Å². The monoisotopic (exact) mass is 338 g/mol. The molecule has 128 valence electrons. The highest BCUT2D eigenvalue weighted by Crippen LogP contribution is 2.23. The first-order chi connectivity index (χ1) is 11.0. The van der Waals surface area contributed by atoms with Crippen LogP contribution in [0.1, 0.15) is 32.6 Å². The molecule has 23 heavy (non-hydrogen) atoms. The molecule has 0 aromatic heterocycles. The van der Waals surface area contributed by atoms with Gasteiger partial charge in [-0.25, -0.2) is 0 Å². The summed E-state index contributed by atoms with van der Waals surface area (Å²) >= 11 is 5.92. The van der Waals surface area contributed by atoms with Crippen LogP contribution in [-0.4, -0.2) is 43.6 Å². The first-order valence-corrected chi connectivity index (χ1v) is 8.78. The molecule has 0 bridgehead atoms. The SMILES string of the molecule is C[C@H]1CCCC[C@@H]1NC(=O)CN(C)CCOc1cccc(Cl)c1. The Hall–Kier alpha value is -1.26. The largest absolute Gasteiger partial charge is 0.492 e. The molecule has 1 aliphatic rings. The van der Waals surface area contributed by atoms with Crippen molar-refractivity contribution in [3.63, 3.8) is 0 Å². The highest BCUT2D eigenvalue weighted by molar-refractivity contribution is 6.30. The van der Waals surface area contributed by atoms with Gasteiger partial charge in [0.05, 0.1) is 6.54 Å². The van der Waals surface area contributed by atoms with Gasteiger partial charge in [-0.1, -0.05) is 37.4 Å². The topological polar surface area (TPSA) is 41.6 Å². The van der Waals surface area contributed by atoms with Crippen LogP contribution in [-0.2, 0) is 4.79 Å². The molecule has 1 aromatic carbocycles. The molecule has 0 aliphatic heterocycles. The Morgan fingerprint density at radius 3 is 2.91 bits per heavy atom. The summed E-state index contributed by atoms with van der Waals surface area (Å²) in [6.07, 6.45) is 4.83. The lowest BCUT2D eigenvalue weighted by Crippen LogP contribution is -2.45. The lowest BCUT2D eigenvalue weighted by atomic mass is 9.86. The second kappa shape index (κ2) is 9.14. The lowest BCUT2D eigenvalue weighted by molar-refractivity contribution is -0.123. The number of ether oxygens (including phenoxy) is 1. The molecule has 1 aromatic rings. The number of benzene rings is 1. The molecule has 0 unspecified atom stereocenters. The fourth-order valence-corrected chi connectivity index (χ4v) is 3.16. The third-order valence-corrected chi connectivity index (χ3v) is 4.64. The molecular weight excluding hydrogens is 312 g/mol. The van der Waals surface area contributed by atoms with Gasteiger partial charge in [0.15, 0.2) is 0 Å². The van der Waals surface area contributed by atoms with Gasteiger partial charge in [-0.15, -0.1) is 0 Å². The van der Waals surface area contributed by atoms with Crippen LogP contribution < -0.4 is 10.1 Å². The Morgan fingerprint density at radius 1 is 1.39 bits per heavy atom. The summed E-state index contributed by atoms with van der Waals surface area (Å²) in [5.74, 6) is 1.45. The molecule has 5 heteroatoms. The molecule has 0 heterocycles. The first-order valence-electron chi connectivity index (χ1n) is 8.41. The van der Waals surface area contributed by atoms with E-state index in [1.165, 1.54) is 19.3 Å². The Bertz CT molecular complexity index is 510. The Labute approximate surface area is 144 Å². The van der Waals surface area contributed by atoms with Crippen molar-refractivity contribution in [1.29, 1.82) is 0 Å². The Morgan fingerprint density at radius 2 is 2.17 bits per heavy atom. The summed E-state index contributed by atoms with van der Waals surface area (Å²) < 4.78 is 5.65. The van der Waals surface area contributed by atoms with Gasteiger partial charge in [-0.3, -0.25) is 9.69 Å². The van der Waals surface area contributed by atoms with E-state index < -0.39 is 0 Å². The number of likely N-dealkylation sites (N-methyl/N-ethyl adjacent to an activating group) is 1. The summed E-state index contributed by atoms with van der Waals surface area (Å²) in [6.45, 7) is 3.86. The van der Waals surface area contributed by atoms with E-state index in [-0.39, 0.29) is 5.91 Å². The number of carbonyl (C=O) groups is 1. The summed E-state index contributed by atoms with van der Waals surface area (Å²) in [4.78, 5) is 14.1. The minimum absolute atomic E-state index is 0.106. The van der Waals surface area contributed by atoms with Gasteiger partial charge in [0.2, 0.25) is 5.91 Å². The molecule has 1 saturated carbocycles. The van der Waals surface area contributed by atoms with Crippen molar-refractivity contribution >= 4 is 17.5 Å². The minimum Gasteiger partial charge on any atom is -0.492 e. The summed E-state index contributed by atoms with van der Waals surface area (Å²) in [7, 11) is 1.94. The smallest absolute Gasteiger partial charge is 0.234 e. The normalized spacial score (nSPS) is 21.2. The second-order valence-electron chi connectivity index (χ2n) is 6.48. The molecule has 1 fully saturated rings. The van der Waals surface area contributed by atoms with Crippen molar-refractivity contribution < 1.29 is 9.53 Å². The predicted molar refractivity (Wildman–Crippen MR) is 94.0 cm³/mol. The van der Waals surface area contributed by atoms with Crippen LogP contribution in [0.3, 0.4) is 0 Å². The number of carbonyl (C=O) groups excluding carboxylic acids is 1. The summed E-state index contributed by atoms with van der Waals surface area (Å²) in [6, 6.07) is 7.69. The number of halogens is 1. The highest BCUT2D eigenvalue weighted by Gasteiger charge is 2.22. The van der Waals surface area contributed by atoms with Crippen LogP contribution in [0, 0.1) is 5.92 Å². The molecule has 2 atom stereocenters. The van der Waals surface area contributed by atoms with Crippen LogP contribution >= 0.6 is 11.6 Å².